The number of rotatable bonds is 4. The van der Waals surface area contributed by atoms with Gasteiger partial charge in [-0.05, 0) is 33.6 Å². The Morgan fingerprint density at radius 2 is 1.86 bits per heavy atom. The van der Waals surface area contributed by atoms with E-state index in [1.54, 1.807) is 20.8 Å². The number of halogens is 1. The van der Waals surface area contributed by atoms with E-state index in [1.165, 1.54) is 0 Å². The van der Waals surface area contributed by atoms with Crippen molar-refractivity contribution in [3.8, 4) is 0 Å². The number of hydrogen-bond acceptors (Lipinski definition) is 2. The molecule has 0 atom stereocenters. The molecule has 0 heterocycles. The van der Waals surface area contributed by atoms with Crippen molar-refractivity contribution in [3.63, 3.8) is 0 Å². The van der Waals surface area contributed by atoms with E-state index in [9.17, 15) is 12.8 Å². The second-order valence-electron chi connectivity index (χ2n) is 5.07. The summed E-state index contributed by atoms with van der Waals surface area (Å²) in [6, 6.07) is 0. The van der Waals surface area contributed by atoms with E-state index in [-0.39, 0.29) is 6.54 Å². The number of alkyl halides is 1. The lowest BCUT2D eigenvalue weighted by Gasteiger charge is -2.21. The van der Waals surface area contributed by atoms with Crippen molar-refractivity contribution in [2.24, 2.45) is 5.41 Å². The average Bonchev–Trinajstić information content (AvgIpc) is 2.80. The Morgan fingerprint density at radius 3 is 2.14 bits per heavy atom. The van der Waals surface area contributed by atoms with Crippen LogP contribution in [0.25, 0.3) is 0 Å². The molecule has 0 spiro atoms. The molecule has 0 aromatic carbocycles. The fourth-order valence-corrected chi connectivity index (χ4v) is 1.93. The summed E-state index contributed by atoms with van der Waals surface area (Å²) < 4.78 is 37.4. The molecular weight excluding hydrogens is 205 g/mol. The zero-order chi connectivity index (χ0) is 11.0. The van der Waals surface area contributed by atoms with Crippen molar-refractivity contribution in [1.82, 2.24) is 4.72 Å². The van der Waals surface area contributed by atoms with Gasteiger partial charge in [-0.2, -0.15) is 0 Å². The third-order valence-corrected chi connectivity index (χ3v) is 4.82. The molecule has 0 amide bonds. The van der Waals surface area contributed by atoms with Crippen LogP contribution in [0, 0.1) is 5.41 Å². The van der Waals surface area contributed by atoms with Gasteiger partial charge in [-0.25, -0.2) is 13.1 Å². The maximum absolute atomic E-state index is 12.5. The van der Waals surface area contributed by atoms with Crippen LogP contribution in [0.1, 0.15) is 33.6 Å². The zero-order valence-corrected chi connectivity index (χ0v) is 9.75. The average molecular weight is 223 g/mol. The molecule has 14 heavy (non-hydrogen) atoms. The van der Waals surface area contributed by atoms with Gasteiger partial charge in [-0.15, -0.1) is 0 Å². The minimum absolute atomic E-state index is 0.239. The van der Waals surface area contributed by atoms with Gasteiger partial charge in [0.2, 0.25) is 10.0 Å². The van der Waals surface area contributed by atoms with Crippen molar-refractivity contribution < 1.29 is 12.8 Å². The summed E-state index contributed by atoms with van der Waals surface area (Å²) in [5.74, 6) is 0. The lowest BCUT2D eigenvalue weighted by molar-refractivity contribution is 0.340. The monoisotopic (exact) mass is 223 g/mol. The molecule has 1 aliphatic rings. The van der Waals surface area contributed by atoms with Gasteiger partial charge in [0.05, 0.1) is 11.4 Å². The summed E-state index contributed by atoms with van der Waals surface area (Å²) in [6.45, 7) is 4.70. The molecular formula is C9H18FNO2S. The summed E-state index contributed by atoms with van der Waals surface area (Å²) in [5.41, 5.74) is -0.391. The lowest BCUT2D eigenvalue weighted by Crippen LogP contribution is -2.42. The van der Waals surface area contributed by atoms with E-state index in [4.69, 9.17) is 0 Å². The third-order valence-electron chi connectivity index (χ3n) is 2.68. The first-order valence-electron chi connectivity index (χ1n) is 4.78. The Labute approximate surface area is 85.1 Å². The van der Waals surface area contributed by atoms with Crippen molar-refractivity contribution in [2.45, 2.75) is 38.4 Å². The maximum Gasteiger partial charge on any atom is 0.216 e. The molecule has 0 bridgehead atoms. The molecule has 0 radical (unpaired) electrons. The van der Waals surface area contributed by atoms with E-state index in [2.05, 4.69) is 4.72 Å². The molecule has 84 valence electrons. The highest BCUT2D eigenvalue weighted by Gasteiger charge is 2.44. The molecule has 0 aliphatic heterocycles. The highest BCUT2D eigenvalue weighted by molar-refractivity contribution is 7.90. The van der Waals surface area contributed by atoms with Gasteiger partial charge < -0.3 is 0 Å². The summed E-state index contributed by atoms with van der Waals surface area (Å²) >= 11 is 0. The number of nitrogens with one attached hydrogen (secondary N) is 1. The van der Waals surface area contributed by atoms with Crippen LogP contribution in [-0.2, 0) is 10.0 Å². The van der Waals surface area contributed by atoms with Gasteiger partial charge in [-0.1, -0.05) is 0 Å². The Balaban J connectivity index is 2.54. The standard InChI is InChI=1S/C9H18FNO2S/c1-8(2,3)14(12,13)11-7-9(6-10)4-5-9/h11H,4-7H2,1-3H3. The van der Waals surface area contributed by atoms with Crippen LogP contribution in [0.5, 0.6) is 0 Å². The van der Waals surface area contributed by atoms with Gasteiger partial charge in [0.15, 0.2) is 0 Å². The van der Waals surface area contributed by atoms with E-state index < -0.39 is 26.9 Å². The van der Waals surface area contributed by atoms with E-state index >= 15 is 0 Å². The van der Waals surface area contributed by atoms with Crippen molar-refractivity contribution >= 4 is 10.0 Å². The first kappa shape index (κ1) is 11.9. The van der Waals surface area contributed by atoms with Gasteiger partial charge in [0.25, 0.3) is 0 Å². The van der Waals surface area contributed by atoms with Gasteiger partial charge in [0.1, 0.15) is 0 Å². The largest absolute Gasteiger partial charge is 0.250 e. The van der Waals surface area contributed by atoms with Gasteiger partial charge in [-0.3, -0.25) is 4.39 Å². The molecule has 3 nitrogen and oxygen atoms in total. The molecule has 0 aromatic heterocycles. The summed E-state index contributed by atoms with van der Waals surface area (Å²) in [5, 5.41) is 0. The van der Waals surface area contributed by atoms with Gasteiger partial charge in [0, 0.05) is 12.0 Å². The Morgan fingerprint density at radius 1 is 1.36 bits per heavy atom. The Hall–Kier alpha value is -0.160. The normalized spacial score (nSPS) is 20.9. The van der Waals surface area contributed by atoms with Crippen LogP contribution in [-0.4, -0.2) is 26.4 Å². The SMILES string of the molecule is CC(C)(C)S(=O)(=O)NCC1(CF)CC1. The fourth-order valence-electron chi connectivity index (χ4n) is 0.999. The zero-order valence-electron chi connectivity index (χ0n) is 8.93. The second-order valence-corrected chi connectivity index (χ2v) is 7.59. The maximum atomic E-state index is 12.5. The molecule has 5 heteroatoms. The molecule has 0 unspecified atom stereocenters. The predicted octanol–water partition coefficient (Wildman–Crippen LogP) is 1.45. The third kappa shape index (κ3) is 2.45. The van der Waals surface area contributed by atoms with Crippen LogP contribution in [0.15, 0.2) is 0 Å². The molecule has 1 fully saturated rings. The predicted molar refractivity (Wildman–Crippen MR) is 54.3 cm³/mol. The van der Waals surface area contributed by atoms with Crippen molar-refractivity contribution in [2.75, 3.05) is 13.2 Å². The summed E-state index contributed by atoms with van der Waals surface area (Å²) in [6.07, 6.45) is 1.58. The summed E-state index contributed by atoms with van der Waals surface area (Å²) in [7, 11) is -3.32. The van der Waals surface area contributed by atoms with Crippen LogP contribution in [0.4, 0.5) is 4.39 Å². The lowest BCUT2D eigenvalue weighted by atomic mass is 10.1. The summed E-state index contributed by atoms with van der Waals surface area (Å²) in [4.78, 5) is 0. The van der Waals surface area contributed by atoms with E-state index in [1.807, 2.05) is 0 Å². The van der Waals surface area contributed by atoms with E-state index in [0.29, 0.717) is 0 Å². The molecule has 0 saturated heterocycles. The minimum Gasteiger partial charge on any atom is -0.250 e. The van der Waals surface area contributed by atoms with Crippen LogP contribution in [0.3, 0.4) is 0 Å². The molecule has 1 saturated carbocycles. The van der Waals surface area contributed by atoms with Crippen LogP contribution in [0.2, 0.25) is 0 Å². The smallest absolute Gasteiger partial charge is 0.216 e. The van der Waals surface area contributed by atoms with Crippen LogP contribution < -0.4 is 4.72 Å². The number of hydrogen-bond donors (Lipinski definition) is 1. The Bertz CT molecular complexity index is 301. The fraction of sp³-hybridized carbons (Fsp3) is 1.00. The van der Waals surface area contributed by atoms with Gasteiger partial charge >= 0.3 is 0 Å². The molecule has 1 rings (SSSR count). The topological polar surface area (TPSA) is 46.2 Å². The van der Waals surface area contributed by atoms with E-state index in [0.717, 1.165) is 12.8 Å². The molecule has 1 N–H and O–H groups in total. The highest BCUT2D eigenvalue weighted by Crippen LogP contribution is 2.45. The van der Waals surface area contributed by atoms with Crippen LogP contribution >= 0.6 is 0 Å². The first-order chi connectivity index (χ1) is 6.22. The Kier molecular flexibility index (Phi) is 2.94. The molecule has 1 aliphatic carbocycles. The first-order valence-corrected chi connectivity index (χ1v) is 6.26. The number of sulfonamides is 1. The minimum atomic E-state index is -3.32. The highest BCUT2D eigenvalue weighted by atomic mass is 32.2. The van der Waals surface area contributed by atoms with Crippen molar-refractivity contribution in [3.05, 3.63) is 0 Å². The van der Waals surface area contributed by atoms with Crippen molar-refractivity contribution in [1.29, 1.82) is 0 Å². The molecule has 0 aromatic rings. The second kappa shape index (κ2) is 3.45. The quantitative estimate of drug-likeness (QED) is 0.784.